The van der Waals surface area contributed by atoms with Crippen LogP contribution < -0.4 is 0 Å². The number of likely N-dealkylation sites (tertiary alicyclic amines) is 1. The fourth-order valence-electron chi connectivity index (χ4n) is 3.43. The zero-order valence-corrected chi connectivity index (χ0v) is 16.7. The molecule has 1 saturated heterocycles. The van der Waals surface area contributed by atoms with Gasteiger partial charge < -0.3 is 4.90 Å². The van der Waals surface area contributed by atoms with E-state index in [0.717, 1.165) is 23.3 Å². The van der Waals surface area contributed by atoms with E-state index in [1.165, 1.54) is 11.3 Å². The van der Waals surface area contributed by atoms with Crippen LogP contribution in [0.2, 0.25) is 5.02 Å². The van der Waals surface area contributed by atoms with Crippen molar-refractivity contribution >= 4 is 34.6 Å². The van der Waals surface area contributed by atoms with Gasteiger partial charge in [0.1, 0.15) is 0 Å². The van der Waals surface area contributed by atoms with Crippen molar-refractivity contribution in [3.63, 3.8) is 0 Å². The van der Waals surface area contributed by atoms with Crippen molar-refractivity contribution in [1.82, 2.24) is 19.9 Å². The quantitative estimate of drug-likeness (QED) is 0.596. The van der Waals surface area contributed by atoms with Crippen LogP contribution in [0.3, 0.4) is 0 Å². The van der Waals surface area contributed by atoms with Crippen LogP contribution in [0.25, 0.3) is 0 Å². The molecule has 1 aromatic carbocycles. The average Bonchev–Trinajstić information content (AvgIpc) is 3.41. The monoisotopic (exact) mass is 414 g/mol. The second kappa shape index (κ2) is 8.24. The van der Waals surface area contributed by atoms with Crippen molar-refractivity contribution in [3.8, 4) is 0 Å². The summed E-state index contributed by atoms with van der Waals surface area (Å²) in [4.78, 5) is 28.0. The molecule has 8 heteroatoms. The SMILES string of the molecule is O=C(c1cccs1)C1CCCN(C(=O)c2cn(Cc3ccccc3Cl)nn2)C1. The Bertz CT molecular complexity index is 986. The van der Waals surface area contributed by atoms with Crippen molar-refractivity contribution in [2.75, 3.05) is 13.1 Å². The van der Waals surface area contributed by atoms with E-state index < -0.39 is 0 Å². The maximum Gasteiger partial charge on any atom is 0.276 e. The van der Waals surface area contributed by atoms with Crippen LogP contribution in [-0.2, 0) is 6.54 Å². The van der Waals surface area contributed by atoms with E-state index in [1.807, 2.05) is 41.8 Å². The molecule has 0 spiro atoms. The first kappa shape index (κ1) is 18.8. The van der Waals surface area contributed by atoms with Crippen molar-refractivity contribution in [3.05, 3.63) is 69.1 Å². The summed E-state index contributed by atoms with van der Waals surface area (Å²) in [5, 5.41) is 10.6. The van der Waals surface area contributed by atoms with Crippen LogP contribution in [0, 0.1) is 5.92 Å². The molecule has 0 radical (unpaired) electrons. The van der Waals surface area contributed by atoms with Crippen molar-refractivity contribution < 1.29 is 9.59 Å². The Morgan fingerprint density at radius 1 is 1.21 bits per heavy atom. The summed E-state index contributed by atoms with van der Waals surface area (Å²) in [6.45, 7) is 1.50. The minimum Gasteiger partial charge on any atom is -0.336 e. The molecular formula is C20H19ClN4O2S. The van der Waals surface area contributed by atoms with E-state index in [4.69, 9.17) is 11.6 Å². The smallest absolute Gasteiger partial charge is 0.276 e. The lowest BCUT2D eigenvalue weighted by atomic mass is 9.93. The van der Waals surface area contributed by atoms with Gasteiger partial charge in [0.2, 0.25) is 0 Å². The van der Waals surface area contributed by atoms with Crippen LogP contribution >= 0.6 is 22.9 Å². The van der Waals surface area contributed by atoms with Crippen molar-refractivity contribution in [1.29, 1.82) is 0 Å². The molecule has 2 aromatic heterocycles. The highest BCUT2D eigenvalue weighted by atomic mass is 35.5. The number of aromatic nitrogens is 3. The first-order chi connectivity index (χ1) is 13.6. The lowest BCUT2D eigenvalue weighted by Crippen LogP contribution is -2.42. The molecule has 1 fully saturated rings. The number of thiophene rings is 1. The number of carbonyl (C=O) groups is 2. The molecule has 0 saturated carbocycles. The normalized spacial score (nSPS) is 16.9. The van der Waals surface area contributed by atoms with E-state index in [0.29, 0.717) is 24.7 Å². The number of amides is 1. The Morgan fingerprint density at radius 2 is 2.07 bits per heavy atom. The van der Waals surface area contributed by atoms with Crippen LogP contribution in [0.15, 0.2) is 48.0 Å². The molecule has 144 valence electrons. The molecule has 1 atom stereocenters. The molecule has 3 aromatic rings. The fourth-order valence-corrected chi connectivity index (χ4v) is 4.37. The van der Waals surface area contributed by atoms with Gasteiger partial charge in [0.25, 0.3) is 5.91 Å². The summed E-state index contributed by atoms with van der Waals surface area (Å²) in [5.74, 6) is -0.224. The number of rotatable bonds is 5. The van der Waals surface area contributed by atoms with Gasteiger partial charge in [-0.1, -0.05) is 41.1 Å². The maximum atomic E-state index is 12.9. The molecule has 1 aliphatic heterocycles. The predicted octanol–water partition coefficient (Wildman–Crippen LogP) is 3.78. The molecule has 0 N–H and O–H groups in total. The molecule has 28 heavy (non-hydrogen) atoms. The lowest BCUT2D eigenvalue weighted by Gasteiger charge is -2.31. The summed E-state index contributed by atoms with van der Waals surface area (Å²) in [6, 6.07) is 11.2. The molecule has 6 nitrogen and oxygen atoms in total. The maximum absolute atomic E-state index is 12.9. The van der Waals surface area contributed by atoms with Gasteiger partial charge in [0, 0.05) is 24.0 Å². The Morgan fingerprint density at radius 3 is 2.86 bits per heavy atom. The van der Waals surface area contributed by atoms with Gasteiger partial charge in [0.05, 0.1) is 17.6 Å². The number of piperidine rings is 1. The summed E-state index contributed by atoms with van der Waals surface area (Å²) in [5.41, 5.74) is 1.20. The largest absolute Gasteiger partial charge is 0.336 e. The fraction of sp³-hybridized carbons (Fsp3) is 0.300. The summed E-state index contributed by atoms with van der Waals surface area (Å²) in [6.07, 6.45) is 3.25. The summed E-state index contributed by atoms with van der Waals surface area (Å²) in [7, 11) is 0. The minimum atomic E-state index is -0.186. The minimum absolute atomic E-state index is 0.120. The van der Waals surface area contributed by atoms with Gasteiger partial charge >= 0.3 is 0 Å². The Kier molecular flexibility index (Phi) is 5.54. The van der Waals surface area contributed by atoms with E-state index in [1.54, 1.807) is 15.8 Å². The lowest BCUT2D eigenvalue weighted by molar-refractivity contribution is 0.0633. The van der Waals surface area contributed by atoms with E-state index in [9.17, 15) is 9.59 Å². The standard InChI is InChI=1S/C20H19ClN4O2S/c21-16-7-2-1-5-14(16)12-25-13-17(22-23-25)20(27)24-9-3-6-15(11-24)19(26)18-8-4-10-28-18/h1-2,4-5,7-8,10,13,15H,3,6,9,11-12H2. The Balaban J connectivity index is 1.43. The number of hydrogen-bond donors (Lipinski definition) is 0. The first-order valence-corrected chi connectivity index (χ1v) is 10.4. The number of nitrogens with zero attached hydrogens (tertiary/aromatic N) is 4. The number of ketones is 1. The van der Waals surface area contributed by atoms with Gasteiger partial charge in [-0.3, -0.25) is 9.59 Å². The number of Topliss-reactive ketones (excluding diaryl/α,β-unsaturated/α-hetero) is 1. The average molecular weight is 415 g/mol. The summed E-state index contributed by atoms with van der Waals surface area (Å²) >= 11 is 7.63. The third kappa shape index (κ3) is 4.00. The highest BCUT2D eigenvalue weighted by Gasteiger charge is 2.30. The van der Waals surface area contributed by atoms with Crippen LogP contribution in [0.5, 0.6) is 0 Å². The molecule has 0 aliphatic carbocycles. The molecule has 1 unspecified atom stereocenters. The van der Waals surface area contributed by atoms with Gasteiger partial charge in [0.15, 0.2) is 11.5 Å². The molecular weight excluding hydrogens is 396 g/mol. The van der Waals surface area contributed by atoms with E-state index in [2.05, 4.69) is 10.3 Å². The van der Waals surface area contributed by atoms with E-state index >= 15 is 0 Å². The second-order valence-corrected chi connectivity index (χ2v) is 8.18. The molecule has 0 bridgehead atoms. The van der Waals surface area contributed by atoms with Crippen LogP contribution in [0.4, 0.5) is 0 Å². The van der Waals surface area contributed by atoms with Gasteiger partial charge in [-0.05, 0) is 35.9 Å². The van der Waals surface area contributed by atoms with E-state index in [-0.39, 0.29) is 23.3 Å². The number of halogens is 1. The topological polar surface area (TPSA) is 68.1 Å². The van der Waals surface area contributed by atoms with Gasteiger partial charge in [-0.2, -0.15) is 0 Å². The second-order valence-electron chi connectivity index (χ2n) is 6.82. The third-order valence-electron chi connectivity index (χ3n) is 4.89. The zero-order chi connectivity index (χ0) is 19.5. The number of carbonyl (C=O) groups excluding carboxylic acids is 2. The zero-order valence-electron chi connectivity index (χ0n) is 15.1. The first-order valence-electron chi connectivity index (χ1n) is 9.12. The molecule has 3 heterocycles. The molecule has 1 amide bonds. The number of benzene rings is 1. The van der Waals surface area contributed by atoms with Crippen LogP contribution in [-0.4, -0.2) is 44.7 Å². The predicted molar refractivity (Wildman–Crippen MR) is 108 cm³/mol. The van der Waals surface area contributed by atoms with Gasteiger partial charge in [-0.15, -0.1) is 16.4 Å². The molecule has 4 rings (SSSR count). The number of hydrogen-bond acceptors (Lipinski definition) is 5. The third-order valence-corrected chi connectivity index (χ3v) is 6.14. The van der Waals surface area contributed by atoms with Crippen molar-refractivity contribution in [2.45, 2.75) is 19.4 Å². The Hall–Kier alpha value is -2.51. The van der Waals surface area contributed by atoms with Crippen LogP contribution in [0.1, 0.15) is 38.6 Å². The Labute approximate surface area is 171 Å². The highest BCUT2D eigenvalue weighted by Crippen LogP contribution is 2.24. The highest BCUT2D eigenvalue weighted by molar-refractivity contribution is 7.12. The summed E-state index contributed by atoms with van der Waals surface area (Å²) < 4.78 is 1.60. The molecule has 1 aliphatic rings. The van der Waals surface area contributed by atoms with Gasteiger partial charge in [-0.25, -0.2) is 4.68 Å². The van der Waals surface area contributed by atoms with Crippen molar-refractivity contribution in [2.24, 2.45) is 5.92 Å².